The van der Waals surface area contributed by atoms with Crippen molar-refractivity contribution in [3.05, 3.63) is 53.6 Å². The second kappa shape index (κ2) is 9.18. The van der Waals surface area contributed by atoms with Crippen molar-refractivity contribution in [2.45, 2.75) is 32.9 Å². The molecule has 0 amide bonds. The van der Waals surface area contributed by atoms with Gasteiger partial charge >= 0.3 is 0 Å². The van der Waals surface area contributed by atoms with E-state index in [9.17, 15) is 0 Å². The molecule has 0 saturated carbocycles. The summed E-state index contributed by atoms with van der Waals surface area (Å²) in [5.74, 6) is 2.48. The third-order valence-corrected chi connectivity index (χ3v) is 3.69. The molecule has 0 aliphatic rings. The van der Waals surface area contributed by atoms with E-state index in [0.717, 1.165) is 36.8 Å². The van der Waals surface area contributed by atoms with Gasteiger partial charge in [0.25, 0.3) is 0 Å². The van der Waals surface area contributed by atoms with Gasteiger partial charge in [0.15, 0.2) is 11.5 Å². The molecule has 0 aliphatic carbocycles. The highest BCUT2D eigenvalue weighted by Crippen LogP contribution is 2.27. The minimum atomic E-state index is 0.179. The number of hydrogen-bond acceptors (Lipinski definition) is 4. The van der Waals surface area contributed by atoms with Crippen LogP contribution in [0.3, 0.4) is 0 Å². The average Bonchev–Trinajstić information content (AvgIpc) is 2.59. The van der Waals surface area contributed by atoms with Crippen molar-refractivity contribution in [1.29, 1.82) is 0 Å². The van der Waals surface area contributed by atoms with Crippen molar-refractivity contribution in [3.8, 4) is 17.2 Å². The van der Waals surface area contributed by atoms with Crippen LogP contribution >= 0.6 is 0 Å². The molecule has 4 nitrogen and oxygen atoms in total. The Balaban J connectivity index is 1.87. The summed E-state index contributed by atoms with van der Waals surface area (Å²) in [5.41, 5.74) is 2.39. The zero-order chi connectivity index (χ0) is 17.4. The Hall–Kier alpha value is -2.20. The number of benzene rings is 2. The summed E-state index contributed by atoms with van der Waals surface area (Å²) >= 11 is 0. The second-order valence-corrected chi connectivity index (χ2v) is 5.89. The minimum absolute atomic E-state index is 0.179. The zero-order valence-electron chi connectivity index (χ0n) is 15.0. The minimum Gasteiger partial charge on any atom is -0.493 e. The third kappa shape index (κ3) is 5.17. The van der Waals surface area contributed by atoms with Gasteiger partial charge in [-0.25, -0.2) is 0 Å². The van der Waals surface area contributed by atoms with Crippen LogP contribution < -0.4 is 19.5 Å². The summed E-state index contributed by atoms with van der Waals surface area (Å²) < 4.78 is 16.5. The number of methoxy groups -OCH3 is 2. The van der Waals surface area contributed by atoms with Crippen molar-refractivity contribution in [3.63, 3.8) is 0 Å². The van der Waals surface area contributed by atoms with E-state index in [4.69, 9.17) is 14.2 Å². The van der Waals surface area contributed by atoms with Crippen molar-refractivity contribution in [1.82, 2.24) is 5.32 Å². The van der Waals surface area contributed by atoms with Crippen molar-refractivity contribution in [2.24, 2.45) is 0 Å². The number of hydrogen-bond donors (Lipinski definition) is 1. The van der Waals surface area contributed by atoms with Crippen LogP contribution in [0.4, 0.5) is 0 Å². The highest BCUT2D eigenvalue weighted by atomic mass is 16.5. The molecule has 0 fully saturated rings. The Morgan fingerprint density at radius 3 is 2.38 bits per heavy atom. The van der Waals surface area contributed by atoms with Gasteiger partial charge in [0.05, 0.1) is 20.3 Å². The molecule has 24 heavy (non-hydrogen) atoms. The molecule has 4 heteroatoms. The Morgan fingerprint density at radius 1 is 0.917 bits per heavy atom. The SMILES string of the molecule is COc1ccc(CCNCc2ccccc2OC(C)C)cc1OC. The molecule has 0 heterocycles. The Morgan fingerprint density at radius 2 is 1.67 bits per heavy atom. The summed E-state index contributed by atoms with van der Waals surface area (Å²) in [6, 6.07) is 14.2. The highest BCUT2D eigenvalue weighted by molar-refractivity contribution is 5.43. The molecule has 0 saturated heterocycles. The van der Waals surface area contributed by atoms with Gasteiger partial charge in [-0.15, -0.1) is 0 Å². The Labute approximate surface area is 144 Å². The average molecular weight is 329 g/mol. The maximum atomic E-state index is 5.85. The first-order chi connectivity index (χ1) is 11.6. The quantitative estimate of drug-likeness (QED) is 0.710. The molecule has 2 rings (SSSR count). The summed E-state index contributed by atoms with van der Waals surface area (Å²) in [7, 11) is 3.31. The van der Waals surface area contributed by atoms with Crippen LogP contribution in [0, 0.1) is 0 Å². The lowest BCUT2D eigenvalue weighted by molar-refractivity contribution is 0.239. The van der Waals surface area contributed by atoms with Gasteiger partial charge in [-0.2, -0.15) is 0 Å². The maximum Gasteiger partial charge on any atom is 0.160 e. The van der Waals surface area contributed by atoms with E-state index in [1.165, 1.54) is 11.1 Å². The van der Waals surface area contributed by atoms with Gasteiger partial charge in [-0.3, -0.25) is 0 Å². The smallest absolute Gasteiger partial charge is 0.160 e. The molecule has 1 N–H and O–H groups in total. The number of para-hydroxylation sites is 1. The number of rotatable bonds is 9. The molecule has 0 bridgehead atoms. The van der Waals surface area contributed by atoms with Crippen LogP contribution in [0.25, 0.3) is 0 Å². The highest BCUT2D eigenvalue weighted by Gasteiger charge is 2.06. The molecular formula is C20H27NO3. The molecule has 2 aromatic rings. The lowest BCUT2D eigenvalue weighted by Crippen LogP contribution is -2.18. The van der Waals surface area contributed by atoms with Gasteiger partial charge < -0.3 is 19.5 Å². The lowest BCUT2D eigenvalue weighted by Gasteiger charge is -2.14. The third-order valence-electron chi connectivity index (χ3n) is 3.69. The first kappa shape index (κ1) is 18.1. The normalized spacial score (nSPS) is 10.7. The van der Waals surface area contributed by atoms with Gasteiger partial charge in [0.1, 0.15) is 5.75 Å². The van der Waals surface area contributed by atoms with E-state index >= 15 is 0 Å². The van der Waals surface area contributed by atoms with E-state index in [1.807, 2.05) is 44.2 Å². The first-order valence-electron chi connectivity index (χ1n) is 8.30. The molecule has 0 atom stereocenters. The van der Waals surface area contributed by atoms with Gasteiger partial charge in [-0.1, -0.05) is 24.3 Å². The molecule has 2 aromatic carbocycles. The monoisotopic (exact) mass is 329 g/mol. The molecule has 0 aliphatic heterocycles. The Bertz CT molecular complexity index is 641. The molecule has 130 valence electrons. The fourth-order valence-corrected chi connectivity index (χ4v) is 2.51. The number of nitrogens with one attached hydrogen (secondary N) is 1. The summed E-state index contributed by atoms with van der Waals surface area (Å²) in [6.07, 6.45) is 1.10. The predicted molar refractivity (Wildman–Crippen MR) is 97.2 cm³/mol. The van der Waals surface area contributed by atoms with Crippen LogP contribution in [-0.4, -0.2) is 26.9 Å². The molecular weight excluding hydrogens is 302 g/mol. The molecule has 0 aromatic heterocycles. The lowest BCUT2D eigenvalue weighted by atomic mass is 10.1. The van der Waals surface area contributed by atoms with Crippen LogP contribution in [-0.2, 0) is 13.0 Å². The summed E-state index contributed by atoms with van der Waals surface area (Å²) in [4.78, 5) is 0. The molecule has 0 unspecified atom stereocenters. The van der Waals surface area contributed by atoms with Crippen LogP contribution in [0.15, 0.2) is 42.5 Å². The van der Waals surface area contributed by atoms with E-state index in [1.54, 1.807) is 14.2 Å². The van der Waals surface area contributed by atoms with E-state index in [2.05, 4.69) is 17.4 Å². The van der Waals surface area contributed by atoms with Crippen LogP contribution in [0.2, 0.25) is 0 Å². The van der Waals surface area contributed by atoms with Crippen LogP contribution in [0.5, 0.6) is 17.2 Å². The topological polar surface area (TPSA) is 39.7 Å². The maximum absolute atomic E-state index is 5.85. The largest absolute Gasteiger partial charge is 0.493 e. The van der Waals surface area contributed by atoms with E-state index in [-0.39, 0.29) is 6.10 Å². The predicted octanol–water partition coefficient (Wildman–Crippen LogP) is 3.82. The second-order valence-electron chi connectivity index (χ2n) is 5.89. The van der Waals surface area contributed by atoms with Crippen LogP contribution in [0.1, 0.15) is 25.0 Å². The van der Waals surface area contributed by atoms with E-state index in [0.29, 0.717) is 0 Å². The zero-order valence-corrected chi connectivity index (χ0v) is 15.0. The van der Waals surface area contributed by atoms with Crippen molar-refractivity contribution < 1.29 is 14.2 Å². The van der Waals surface area contributed by atoms with Gasteiger partial charge in [0, 0.05) is 12.1 Å². The Kier molecular flexibility index (Phi) is 6.94. The van der Waals surface area contributed by atoms with E-state index < -0.39 is 0 Å². The van der Waals surface area contributed by atoms with Gasteiger partial charge in [0.2, 0.25) is 0 Å². The van der Waals surface area contributed by atoms with Crippen molar-refractivity contribution in [2.75, 3.05) is 20.8 Å². The first-order valence-corrected chi connectivity index (χ1v) is 8.30. The molecule has 0 radical (unpaired) electrons. The summed E-state index contributed by atoms with van der Waals surface area (Å²) in [6.45, 7) is 5.75. The summed E-state index contributed by atoms with van der Waals surface area (Å²) in [5, 5.41) is 3.48. The fourth-order valence-electron chi connectivity index (χ4n) is 2.51. The molecule has 0 spiro atoms. The fraction of sp³-hybridized carbons (Fsp3) is 0.400. The van der Waals surface area contributed by atoms with Crippen molar-refractivity contribution >= 4 is 0 Å². The standard InChI is InChI=1S/C20H27NO3/c1-15(2)24-18-8-6-5-7-17(18)14-21-12-11-16-9-10-19(22-3)20(13-16)23-4/h5-10,13,15,21H,11-12,14H2,1-4H3. The number of ether oxygens (including phenoxy) is 3. The van der Waals surface area contributed by atoms with Gasteiger partial charge in [-0.05, 0) is 50.6 Å².